The molecular weight excluding hydrogens is 328 g/mol. The molecule has 0 aromatic heterocycles. The Morgan fingerprint density at radius 3 is 1.92 bits per heavy atom. The minimum atomic E-state index is -0.0478. The van der Waals surface area contributed by atoms with E-state index in [0.29, 0.717) is 5.92 Å². The van der Waals surface area contributed by atoms with Crippen LogP contribution in [0.5, 0.6) is 0 Å². The molecule has 1 fully saturated rings. The van der Waals surface area contributed by atoms with Gasteiger partial charge in [-0.25, -0.2) is 0 Å². The molecule has 2 unspecified atom stereocenters. The number of aliphatic hydroxyl groups is 2. The number of unbranched alkanes of at least 4 members (excludes halogenated alkanes) is 10. The van der Waals surface area contributed by atoms with E-state index < -0.39 is 0 Å². The van der Waals surface area contributed by atoms with Crippen molar-refractivity contribution in [1.82, 2.24) is 0 Å². The molecule has 1 rings (SSSR count). The van der Waals surface area contributed by atoms with Crippen molar-refractivity contribution in [2.75, 3.05) is 20.3 Å². The maximum Gasteiger partial charge on any atom is 0.158 e. The van der Waals surface area contributed by atoms with Gasteiger partial charge in [-0.05, 0) is 25.2 Å². The largest absolute Gasteiger partial charge is 0.400 e. The maximum absolute atomic E-state index is 9.06. The van der Waals surface area contributed by atoms with Crippen molar-refractivity contribution in [2.45, 2.75) is 116 Å². The van der Waals surface area contributed by atoms with Gasteiger partial charge in [-0.3, -0.25) is 0 Å². The number of aliphatic hydroxyl groups excluding tert-OH is 2. The fourth-order valence-corrected chi connectivity index (χ4v) is 3.62. The topological polar surface area (TPSA) is 58.9 Å². The van der Waals surface area contributed by atoms with Crippen LogP contribution >= 0.6 is 0 Å². The normalized spacial score (nSPS) is 22.7. The Kier molecular flexibility index (Phi) is 19.5. The van der Waals surface area contributed by atoms with Crippen molar-refractivity contribution in [1.29, 1.82) is 0 Å². The standard InChI is InChI=1S/C21H42O3.CH4O/c1-3-4-5-6-7-8-9-10-11-12-13-16-23-21-18-19(2)17-20(24-21)14-15-22;1-2/h19-22H,3-18H2,1-2H3;2H,1H3/t19?,20?,21-;/m1./s1. The van der Waals surface area contributed by atoms with Crippen LogP contribution in [0, 0.1) is 5.92 Å². The van der Waals surface area contributed by atoms with Gasteiger partial charge < -0.3 is 19.7 Å². The first-order chi connectivity index (χ1) is 12.8. The monoisotopic (exact) mass is 374 g/mol. The zero-order valence-electron chi connectivity index (χ0n) is 17.8. The minimum absolute atomic E-state index is 0.0478. The van der Waals surface area contributed by atoms with E-state index in [1.165, 1.54) is 64.2 Å². The summed E-state index contributed by atoms with van der Waals surface area (Å²) in [6, 6.07) is 0. The highest BCUT2D eigenvalue weighted by Crippen LogP contribution is 2.27. The van der Waals surface area contributed by atoms with E-state index in [-0.39, 0.29) is 19.0 Å². The van der Waals surface area contributed by atoms with E-state index in [4.69, 9.17) is 19.7 Å². The molecule has 4 heteroatoms. The predicted molar refractivity (Wildman–Crippen MR) is 109 cm³/mol. The van der Waals surface area contributed by atoms with Crippen LogP contribution in [-0.2, 0) is 9.47 Å². The molecule has 1 saturated heterocycles. The lowest BCUT2D eigenvalue weighted by Crippen LogP contribution is -2.34. The van der Waals surface area contributed by atoms with Gasteiger partial charge in [-0.2, -0.15) is 0 Å². The highest BCUT2D eigenvalue weighted by molar-refractivity contribution is 4.71. The molecule has 0 aromatic rings. The van der Waals surface area contributed by atoms with Gasteiger partial charge in [0.1, 0.15) is 0 Å². The van der Waals surface area contributed by atoms with Crippen LogP contribution in [0.3, 0.4) is 0 Å². The average Bonchev–Trinajstić information content (AvgIpc) is 2.64. The van der Waals surface area contributed by atoms with Crippen LogP contribution in [0.15, 0.2) is 0 Å². The van der Waals surface area contributed by atoms with Gasteiger partial charge in [0, 0.05) is 26.7 Å². The Hall–Kier alpha value is -0.160. The number of rotatable bonds is 15. The molecule has 1 aliphatic heterocycles. The van der Waals surface area contributed by atoms with Crippen molar-refractivity contribution in [3.8, 4) is 0 Å². The van der Waals surface area contributed by atoms with Crippen molar-refractivity contribution in [3.05, 3.63) is 0 Å². The Bertz CT molecular complexity index is 273. The van der Waals surface area contributed by atoms with Crippen LogP contribution in [0.25, 0.3) is 0 Å². The molecule has 0 radical (unpaired) electrons. The van der Waals surface area contributed by atoms with Crippen LogP contribution in [0.1, 0.15) is 104 Å². The fourth-order valence-electron chi connectivity index (χ4n) is 3.62. The third kappa shape index (κ3) is 15.0. The molecule has 2 N–H and O–H groups in total. The summed E-state index contributed by atoms with van der Waals surface area (Å²) in [6.07, 6.45) is 17.9. The first-order valence-corrected chi connectivity index (χ1v) is 11.1. The van der Waals surface area contributed by atoms with Crippen molar-refractivity contribution in [3.63, 3.8) is 0 Å². The summed E-state index contributed by atoms with van der Waals surface area (Å²) >= 11 is 0. The first kappa shape index (κ1) is 25.8. The van der Waals surface area contributed by atoms with Gasteiger partial charge >= 0.3 is 0 Å². The number of hydrogen-bond acceptors (Lipinski definition) is 4. The van der Waals surface area contributed by atoms with E-state index >= 15 is 0 Å². The molecular formula is C22H46O4. The van der Waals surface area contributed by atoms with Gasteiger partial charge in [0.2, 0.25) is 0 Å². The smallest absolute Gasteiger partial charge is 0.158 e. The van der Waals surface area contributed by atoms with Crippen molar-refractivity contribution in [2.24, 2.45) is 5.92 Å². The highest BCUT2D eigenvalue weighted by atomic mass is 16.7. The molecule has 4 nitrogen and oxygen atoms in total. The van der Waals surface area contributed by atoms with Crippen LogP contribution in [0.4, 0.5) is 0 Å². The van der Waals surface area contributed by atoms with E-state index in [2.05, 4.69) is 13.8 Å². The molecule has 1 aliphatic rings. The van der Waals surface area contributed by atoms with Gasteiger partial charge in [0.25, 0.3) is 0 Å². The molecule has 0 aromatic carbocycles. The van der Waals surface area contributed by atoms with E-state index in [1.54, 1.807) is 0 Å². The van der Waals surface area contributed by atoms with Crippen molar-refractivity contribution >= 4 is 0 Å². The van der Waals surface area contributed by atoms with E-state index in [9.17, 15) is 0 Å². The Labute approximate surface area is 162 Å². The quantitative estimate of drug-likeness (QED) is 0.374. The van der Waals surface area contributed by atoms with Crippen molar-refractivity contribution < 1.29 is 19.7 Å². The lowest BCUT2D eigenvalue weighted by atomic mass is 9.95. The Morgan fingerprint density at radius 2 is 1.38 bits per heavy atom. The summed E-state index contributed by atoms with van der Waals surface area (Å²) in [7, 11) is 1.00. The summed E-state index contributed by atoms with van der Waals surface area (Å²) in [4.78, 5) is 0. The van der Waals surface area contributed by atoms with Gasteiger partial charge in [-0.15, -0.1) is 0 Å². The summed E-state index contributed by atoms with van der Waals surface area (Å²) < 4.78 is 11.8. The molecule has 1 heterocycles. The van der Waals surface area contributed by atoms with Gasteiger partial charge in [0.15, 0.2) is 6.29 Å². The first-order valence-electron chi connectivity index (χ1n) is 11.1. The molecule has 0 aliphatic carbocycles. The second-order valence-corrected chi connectivity index (χ2v) is 7.68. The molecule has 158 valence electrons. The third-order valence-electron chi connectivity index (χ3n) is 5.11. The summed E-state index contributed by atoms with van der Waals surface area (Å²) in [5.74, 6) is 0.637. The molecule has 3 atom stereocenters. The number of hydrogen-bond donors (Lipinski definition) is 2. The second-order valence-electron chi connectivity index (χ2n) is 7.68. The minimum Gasteiger partial charge on any atom is -0.400 e. The summed E-state index contributed by atoms with van der Waals surface area (Å²) in [5, 5.41) is 16.1. The lowest BCUT2D eigenvalue weighted by Gasteiger charge is -2.33. The number of ether oxygens (including phenoxy) is 2. The van der Waals surface area contributed by atoms with Crippen LogP contribution in [-0.4, -0.2) is 42.9 Å². The van der Waals surface area contributed by atoms with Crippen LogP contribution in [0.2, 0.25) is 0 Å². The fraction of sp³-hybridized carbons (Fsp3) is 1.00. The van der Waals surface area contributed by atoms with E-state index in [0.717, 1.165) is 39.4 Å². The zero-order chi connectivity index (χ0) is 19.5. The highest BCUT2D eigenvalue weighted by Gasteiger charge is 2.27. The molecule has 0 amide bonds. The molecule has 0 saturated carbocycles. The maximum atomic E-state index is 9.06. The van der Waals surface area contributed by atoms with Crippen LogP contribution < -0.4 is 0 Å². The third-order valence-corrected chi connectivity index (χ3v) is 5.11. The molecule has 26 heavy (non-hydrogen) atoms. The SMILES string of the molecule is CCCCCCCCCCCCCO[C@H]1CC(C)CC(CCO)O1.CO. The summed E-state index contributed by atoms with van der Waals surface area (Å²) in [5.41, 5.74) is 0. The Balaban J connectivity index is 0.00000301. The predicted octanol–water partition coefficient (Wildman–Crippen LogP) is 5.45. The summed E-state index contributed by atoms with van der Waals surface area (Å²) in [6.45, 7) is 5.56. The zero-order valence-corrected chi connectivity index (χ0v) is 17.8. The second kappa shape index (κ2) is 19.6. The molecule has 0 bridgehead atoms. The Morgan fingerprint density at radius 1 is 0.846 bits per heavy atom. The molecule has 0 spiro atoms. The van der Waals surface area contributed by atoms with Gasteiger partial charge in [-0.1, -0.05) is 78.1 Å². The lowest BCUT2D eigenvalue weighted by molar-refractivity contribution is -0.207. The van der Waals surface area contributed by atoms with Gasteiger partial charge in [0.05, 0.1) is 6.10 Å². The average molecular weight is 375 g/mol. The van der Waals surface area contributed by atoms with E-state index in [1.807, 2.05) is 0 Å².